The van der Waals surface area contributed by atoms with Gasteiger partial charge in [0.05, 0.1) is 6.04 Å². The lowest BCUT2D eigenvalue weighted by molar-refractivity contribution is 0.497. The van der Waals surface area contributed by atoms with Crippen molar-refractivity contribution in [1.29, 1.82) is 0 Å². The highest BCUT2D eigenvalue weighted by atomic mass is 79.9. The summed E-state index contributed by atoms with van der Waals surface area (Å²) in [6.07, 6.45) is 0. The van der Waals surface area contributed by atoms with E-state index in [1.54, 1.807) is 0 Å². The van der Waals surface area contributed by atoms with Crippen LogP contribution in [0.1, 0.15) is 28.7 Å². The van der Waals surface area contributed by atoms with Crippen molar-refractivity contribution in [2.75, 3.05) is 7.05 Å². The van der Waals surface area contributed by atoms with Gasteiger partial charge in [0.25, 0.3) is 0 Å². The number of benzene rings is 1. The summed E-state index contributed by atoms with van der Waals surface area (Å²) in [4.78, 5) is 0. The van der Waals surface area contributed by atoms with Gasteiger partial charge in [-0.25, -0.2) is 0 Å². The van der Waals surface area contributed by atoms with Crippen LogP contribution in [0.15, 0.2) is 33.2 Å². The molecule has 1 unspecified atom stereocenters. The summed E-state index contributed by atoms with van der Waals surface area (Å²) in [5.41, 5.74) is 2.30. The van der Waals surface area contributed by atoms with Crippen LogP contribution in [-0.4, -0.2) is 7.05 Å². The predicted molar refractivity (Wildman–Crippen MR) is 78.2 cm³/mol. The molecule has 1 heterocycles. The molecule has 18 heavy (non-hydrogen) atoms. The lowest BCUT2D eigenvalue weighted by Crippen LogP contribution is -2.18. The molecule has 2 aromatic rings. The standard InChI is InChI=1S/C14H15BrClNO/c1-8-6-12(9(2)18-8)14(17-3)11-5-4-10(16)7-13(11)15/h4-7,14,17H,1-3H3. The summed E-state index contributed by atoms with van der Waals surface area (Å²) in [5.74, 6) is 1.86. The van der Waals surface area contributed by atoms with Crippen LogP contribution >= 0.6 is 27.5 Å². The second-order valence-electron chi connectivity index (χ2n) is 4.26. The fourth-order valence-electron chi connectivity index (χ4n) is 2.15. The Morgan fingerprint density at radius 1 is 1.22 bits per heavy atom. The van der Waals surface area contributed by atoms with E-state index in [0.29, 0.717) is 0 Å². The van der Waals surface area contributed by atoms with Crippen molar-refractivity contribution in [1.82, 2.24) is 5.32 Å². The summed E-state index contributed by atoms with van der Waals surface area (Å²) in [6, 6.07) is 7.99. The van der Waals surface area contributed by atoms with Gasteiger partial charge in [-0.05, 0) is 44.7 Å². The van der Waals surface area contributed by atoms with Gasteiger partial charge < -0.3 is 9.73 Å². The second kappa shape index (κ2) is 5.47. The van der Waals surface area contributed by atoms with Gasteiger partial charge in [0.2, 0.25) is 0 Å². The van der Waals surface area contributed by atoms with Gasteiger partial charge in [-0.3, -0.25) is 0 Å². The molecule has 0 saturated carbocycles. The van der Waals surface area contributed by atoms with Gasteiger partial charge in [-0.15, -0.1) is 0 Å². The molecule has 0 aliphatic carbocycles. The Labute approximate surface area is 120 Å². The number of halogens is 2. The van der Waals surface area contributed by atoms with E-state index in [0.717, 1.165) is 32.1 Å². The molecule has 1 aromatic carbocycles. The van der Waals surface area contributed by atoms with Crippen LogP contribution < -0.4 is 5.32 Å². The quantitative estimate of drug-likeness (QED) is 0.889. The van der Waals surface area contributed by atoms with Crippen LogP contribution in [-0.2, 0) is 0 Å². The Morgan fingerprint density at radius 3 is 2.44 bits per heavy atom. The Morgan fingerprint density at radius 2 is 1.94 bits per heavy atom. The van der Waals surface area contributed by atoms with E-state index >= 15 is 0 Å². The molecule has 96 valence electrons. The summed E-state index contributed by atoms with van der Waals surface area (Å²) < 4.78 is 6.59. The van der Waals surface area contributed by atoms with E-state index in [2.05, 4.69) is 27.3 Å². The van der Waals surface area contributed by atoms with Crippen LogP contribution in [0, 0.1) is 13.8 Å². The number of rotatable bonds is 3. The highest BCUT2D eigenvalue weighted by Crippen LogP contribution is 2.33. The minimum Gasteiger partial charge on any atom is -0.466 e. The Balaban J connectivity index is 2.48. The first-order valence-electron chi connectivity index (χ1n) is 5.72. The highest BCUT2D eigenvalue weighted by Gasteiger charge is 2.19. The lowest BCUT2D eigenvalue weighted by Gasteiger charge is -2.18. The van der Waals surface area contributed by atoms with Crippen LogP contribution in [0.5, 0.6) is 0 Å². The molecular weight excluding hydrogens is 314 g/mol. The SMILES string of the molecule is CNC(c1ccc(Cl)cc1Br)c1cc(C)oc1C. The van der Waals surface area contributed by atoms with E-state index in [-0.39, 0.29) is 6.04 Å². The molecule has 0 radical (unpaired) electrons. The summed E-state index contributed by atoms with van der Waals surface area (Å²) in [5, 5.41) is 4.04. The smallest absolute Gasteiger partial charge is 0.106 e. The molecule has 2 rings (SSSR count). The molecule has 0 spiro atoms. The normalized spacial score (nSPS) is 12.7. The van der Waals surface area contributed by atoms with Crippen LogP contribution in [0.3, 0.4) is 0 Å². The third kappa shape index (κ3) is 2.63. The van der Waals surface area contributed by atoms with Gasteiger partial charge in [-0.1, -0.05) is 33.6 Å². The van der Waals surface area contributed by atoms with Crippen molar-refractivity contribution in [2.45, 2.75) is 19.9 Å². The lowest BCUT2D eigenvalue weighted by atomic mass is 9.99. The first kappa shape index (κ1) is 13.7. The first-order chi connectivity index (χ1) is 8.52. The van der Waals surface area contributed by atoms with Crippen molar-refractivity contribution in [3.63, 3.8) is 0 Å². The van der Waals surface area contributed by atoms with E-state index in [9.17, 15) is 0 Å². The maximum absolute atomic E-state index is 5.98. The number of nitrogens with one attached hydrogen (secondary N) is 1. The summed E-state index contributed by atoms with van der Waals surface area (Å²) >= 11 is 9.54. The van der Waals surface area contributed by atoms with Gasteiger partial charge in [0.15, 0.2) is 0 Å². The summed E-state index contributed by atoms with van der Waals surface area (Å²) in [7, 11) is 1.94. The minimum atomic E-state index is 0.0918. The molecule has 4 heteroatoms. The van der Waals surface area contributed by atoms with Crippen LogP contribution in [0.25, 0.3) is 0 Å². The van der Waals surface area contributed by atoms with Crippen LogP contribution in [0.2, 0.25) is 5.02 Å². The average molecular weight is 329 g/mol. The molecule has 1 N–H and O–H groups in total. The average Bonchev–Trinajstić information content (AvgIpc) is 2.62. The zero-order chi connectivity index (χ0) is 13.3. The molecule has 2 nitrogen and oxygen atoms in total. The topological polar surface area (TPSA) is 25.2 Å². The van der Waals surface area contributed by atoms with E-state index in [1.165, 1.54) is 0 Å². The largest absolute Gasteiger partial charge is 0.466 e. The molecule has 0 bridgehead atoms. The molecule has 0 aliphatic rings. The molecule has 0 aliphatic heterocycles. The van der Waals surface area contributed by atoms with Gasteiger partial charge in [0, 0.05) is 15.1 Å². The van der Waals surface area contributed by atoms with Gasteiger partial charge in [0.1, 0.15) is 11.5 Å². The molecule has 0 saturated heterocycles. The number of hydrogen-bond donors (Lipinski definition) is 1. The summed E-state index contributed by atoms with van der Waals surface area (Å²) in [6.45, 7) is 3.94. The zero-order valence-corrected chi connectivity index (χ0v) is 12.9. The monoisotopic (exact) mass is 327 g/mol. The molecule has 0 amide bonds. The Bertz CT molecular complexity index is 565. The second-order valence-corrected chi connectivity index (χ2v) is 5.55. The van der Waals surface area contributed by atoms with Crippen molar-refractivity contribution in [2.24, 2.45) is 0 Å². The van der Waals surface area contributed by atoms with Crippen molar-refractivity contribution >= 4 is 27.5 Å². The molecule has 1 atom stereocenters. The highest BCUT2D eigenvalue weighted by molar-refractivity contribution is 9.10. The fourth-order valence-corrected chi connectivity index (χ4v) is 3.06. The first-order valence-corrected chi connectivity index (χ1v) is 6.89. The fraction of sp³-hybridized carbons (Fsp3) is 0.286. The van der Waals surface area contributed by atoms with Gasteiger partial charge >= 0.3 is 0 Å². The van der Waals surface area contributed by atoms with Crippen molar-refractivity contribution in [3.8, 4) is 0 Å². The molecular formula is C14H15BrClNO. The van der Waals surface area contributed by atoms with Gasteiger partial charge in [-0.2, -0.15) is 0 Å². The molecule has 1 aromatic heterocycles. The third-order valence-corrected chi connectivity index (χ3v) is 3.87. The van der Waals surface area contributed by atoms with E-state index in [1.807, 2.05) is 39.1 Å². The Hall–Kier alpha value is -0.770. The Kier molecular flexibility index (Phi) is 4.15. The number of aryl methyl sites for hydroxylation is 2. The number of hydrogen-bond acceptors (Lipinski definition) is 2. The van der Waals surface area contributed by atoms with Crippen molar-refractivity contribution in [3.05, 3.63) is 56.4 Å². The number of furan rings is 1. The van der Waals surface area contributed by atoms with Crippen molar-refractivity contribution < 1.29 is 4.42 Å². The van der Waals surface area contributed by atoms with E-state index in [4.69, 9.17) is 16.0 Å². The third-order valence-electron chi connectivity index (χ3n) is 2.95. The maximum atomic E-state index is 5.98. The zero-order valence-electron chi connectivity index (χ0n) is 10.6. The maximum Gasteiger partial charge on any atom is 0.106 e. The van der Waals surface area contributed by atoms with E-state index < -0.39 is 0 Å². The molecule has 0 fully saturated rings. The van der Waals surface area contributed by atoms with Crippen LogP contribution in [0.4, 0.5) is 0 Å². The predicted octanol–water partition coefficient (Wildman–Crippen LogP) is 4.62. The minimum absolute atomic E-state index is 0.0918.